The molecule has 0 radical (unpaired) electrons. The zero-order valence-corrected chi connectivity index (χ0v) is 18.8. The van der Waals surface area contributed by atoms with Crippen molar-refractivity contribution in [2.45, 2.75) is 19.4 Å². The van der Waals surface area contributed by atoms with E-state index in [0.29, 0.717) is 24.9 Å². The number of nitrogens with zero attached hydrogens (tertiary/aromatic N) is 1. The summed E-state index contributed by atoms with van der Waals surface area (Å²) >= 11 is 3.39. The smallest absolute Gasteiger partial charge is 0.191 e. The Bertz CT molecular complexity index is 661. The Morgan fingerprint density at radius 2 is 2.00 bits per heavy atom. The Balaban J connectivity index is 0.00000338. The maximum absolute atomic E-state index is 10.4. The average molecular weight is 538 g/mol. The van der Waals surface area contributed by atoms with Crippen LogP contribution in [0.2, 0.25) is 0 Å². The average Bonchev–Trinajstić information content (AvgIpc) is 3.13. The van der Waals surface area contributed by atoms with Gasteiger partial charge in [-0.3, -0.25) is 0 Å². The fourth-order valence-electron chi connectivity index (χ4n) is 2.11. The molecule has 3 N–H and O–H groups in total. The lowest BCUT2D eigenvalue weighted by molar-refractivity contribution is 0.0437. The highest BCUT2D eigenvalue weighted by molar-refractivity contribution is 14.0. The molecule has 0 spiro atoms. The molecule has 0 aliphatic heterocycles. The van der Waals surface area contributed by atoms with E-state index < -0.39 is 5.60 Å². The van der Waals surface area contributed by atoms with Gasteiger partial charge in [-0.25, -0.2) is 4.99 Å². The molecule has 0 saturated carbocycles. The van der Waals surface area contributed by atoms with E-state index in [1.54, 1.807) is 19.1 Å². The van der Waals surface area contributed by atoms with Crippen LogP contribution in [0, 0.1) is 0 Å². The zero-order chi connectivity index (χ0) is 18.1. The standard InChI is InChI=1S/C18H24BrN3O3.HI/c1-3-20-17(22-13-18(2,23)16-5-4-11-25-16)21-10-12-24-15-8-6-14(19)7-9-15;/h4-9,11,23H,3,10,12-13H2,1-2H3,(H2,20,21,22);1H. The number of hydrogen-bond donors (Lipinski definition) is 3. The molecular formula is C18H25BrIN3O3. The molecule has 1 heterocycles. The second-order valence-corrected chi connectivity index (χ2v) is 6.59. The predicted octanol–water partition coefficient (Wildman–Crippen LogP) is 3.50. The van der Waals surface area contributed by atoms with Crippen LogP contribution in [0.5, 0.6) is 5.75 Å². The Labute approximate surface area is 179 Å². The molecule has 1 aromatic carbocycles. The van der Waals surface area contributed by atoms with Gasteiger partial charge in [-0.1, -0.05) is 15.9 Å². The molecule has 0 aliphatic carbocycles. The number of aliphatic hydroxyl groups is 1. The Morgan fingerprint density at radius 3 is 2.62 bits per heavy atom. The number of nitrogens with one attached hydrogen (secondary N) is 2. The summed E-state index contributed by atoms with van der Waals surface area (Å²) in [4.78, 5) is 4.42. The molecule has 2 rings (SSSR count). The van der Waals surface area contributed by atoms with Gasteiger partial charge in [0.05, 0.1) is 19.4 Å². The lowest BCUT2D eigenvalue weighted by Crippen LogP contribution is -2.40. The van der Waals surface area contributed by atoms with Crippen molar-refractivity contribution in [3.05, 3.63) is 52.9 Å². The number of halogens is 2. The van der Waals surface area contributed by atoms with Crippen molar-refractivity contribution in [1.29, 1.82) is 0 Å². The van der Waals surface area contributed by atoms with Crippen molar-refractivity contribution < 1.29 is 14.3 Å². The Hall–Kier alpha value is -1.26. The minimum Gasteiger partial charge on any atom is -0.492 e. The normalized spacial score (nSPS) is 13.5. The predicted molar refractivity (Wildman–Crippen MR) is 117 cm³/mol. The first kappa shape index (κ1) is 22.8. The van der Waals surface area contributed by atoms with Gasteiger partial charge in [0.15, 0.2) is 5.96 Å². The molecule has 26 heavy (non-hydrogen) atoms. The van der Waals surface area contributed by atoms with E-state index in [9.17, 15) is 5.11 Å². The molecule has 0 aliphatic rings. The van der Waals surface area contributed by atoms with E-state index >= 15 is 0 Å². The summed E-state index contributed by atoms with van der Waals surface area (Å²) in [7, 11) is 0. The van der Waals surface area contributed by atoms with Gasteiger partial charge in [0, 0.05) is 11.0 Å². The summed E-state index contributed by atoms with van der Waals surface area (Å²) in [5.41, 5.74) is -1.15. The summed E-state index contributed by atoms with van der Waals surface area (Å²) in [5, 5.41) is 16.8. The fraction of sp³-hybridized carbons (Fsp3) is 0.389. The van der Waals surface area contributed by atoms with Crippen LogP contribution in [-0.2, 0) is 5.60 Å². The molecule has 1 unspecified atom stereocenters. The monoisotopic (exact) mass is 537 g/mol. The van der Waals surface area contributed by atoms with Crippen molar-refractivity contribution in [2.75, 3.05) is 26.2 Å². The van der Waals surface area contributed by atoms with E-state index in [-0.39, 0.29) is 30.5 Å². The topological polar surface area (TPSA) is 79.0 Å². The van der Waals surface area contributed by atoms with E-state index in [1.807, 2.05) is 31.2 Å². The van der Waals surface area contributed by atoms with E-state index in [4.69, 9.17) is 9.15 Å². The van der Waals surface area contributed by atoms with Gasteiger partial charge in [0.2, 0.25) is 0 Å². The molecule has 0 fully saturated rings. The highest BCUT2D eigenvalue weighted by Gasteiger charge is 2.25. The van der Waals surface area contributed by atoms with Crippen LogP contribution in [0.25, 0.3) is 0 Å². The molecule has 1 atom stereocenters. The molecule has 0 amide bonds. The lowest BCUT2D eigenvalue weighted by atomic mass is 10.0. The van der Waals surface area contributed by atoms with Crippen LogP contribution in [-0.4, -0.2) is 37.3 Å². The molecule has 1 aromatic heterocycles. The van der Waals surface area contributed by atoms with Gasteiger partial charge in [-0.05, 0) is 50.2 Å². The highest BCUT2D eigenvalue weighted by atomic mass is 127. The number of guanidine groups is 1. The molecular weight excluding hydrogens is 513 g/mol. The number of rotatable bonds is 8. The number of aliphatic imine (C=N–C) groups is 1. The third-order valence-electron chi connectivity index (χ3n) is 3.42. The molecule has 2 aromatic rings. The van der Waals surface area contributed by atoms with Gasteiger partial charge < -0.3 is 24.9 Å². The number of benzene rings is 1. The maximum Gasteiger partial charge on any atom is 0.191 e. The molecule has 0 saturated heterocycles. The van der Waals surface area contributed by atoms with Crippen molar-refractivity contribution in [3.8, 4) is 5.75 Å². The number of ether oxygens (including phenoxy) is 1. The molecule has 144 valence electrons. The second kappa shape index (κ2) is 11.5. The lowest BCUT2D eigenvalue weighted by Gasteiger charge is -2.19. The molecule has 0 bridgehead atoms. The minimum atomic E-state index is -1.15. The highest BCUT2D eigenvalue weighted by Crippen LogP contribution is 2.21. The maximum atomic E-state index is 10.4. The van der Waals surface area contributed by atoms with Crippen LogP contribution in [0.4, 0.5) is 0 Å². The minimum absolute atomic E-state index is 0. The van der Waals surface area contributed by atoms with Gasteiger partial charge in [0.1, 0.15) is 23.7 Å². The second-order valence-electron chi connectivity index (χ2n) is 5.68. The summed E-state index contributed by atoms with van der Waals surface area (Å²) in [5.74, 6) is 1.92. The van der Waals surface area contributed by atoms with Gasteiger partial charge in [0.25, 0.3) is 0 Å². The number of hydrogen-bond acceptors (Lipinski definition) is 4. The van der Waals surface area contributed by atoms with Crippen LogP contribution in [0.15, 0.2) is 56.5 Å². The third-order valence-corrected chi connectivity index (χ3v) is 3.95. The summed E-state index contributed by atoms with van der Waals surface area (Å²) in [6.07, 6.45) is 1.54. The van der Waals surface area contributed by atoms with E-state index in [0.717, 1.165) is 16.8 Å². The van der Waals surface area contributed by atoms with E-state index in [1.165, 1.54) is 6.26 Å². The van der Waals surface area contributed by atoms with Crippen molar-refractivity contribution >= 4 is 45.9 Å². The largest absolute Gasteiger partial charge is 0.492 e. The zero-order valence-electron chi connectivity index (χ0n) is 14.9. The van der Waals surface area contributed by atoms with Crippen molar-refractivity contribution in [2.24, 2.45) is 4.99 Å². The first-order chi connectivity index (χ1) is 12.0. The first-order valence-electron chi connectivity index (χ1n) is 8.18. The first-order valence-corrected chi connectivity index (χ1v) is 8.97. The molecule has 6 nitrogen and oxygen atoms in total. The Morgan fingerprint density at radius 1 is 1.27 bits per heavy atom. The summed E-state index contributed by atoms with van der Waals surface area (Å²) < 4.78 is 11.9. The Kier molecular flexibility index (Phi) is 10.0. The van der Waals surface area contributed by atoms with Crippen molar-refractivity contribution in [3.63, 3.8) is 0 Å². The van der Waals surface area contributed by atoms with Crippen molar-refractivity contribution in [1.82, 2.24) is 10.6 Å². The van der Waals surface area contributed by atoms with Gasteiger partial charge >= 0.3 is 0 Å². The SMILES string of the molecule is CCNC(=NCC(C)(O)c1ccco1)NCCOc1ccc(Br)cc1.I. The summed E-state index contributed by atoms with van der Waals surface area (Å²) in [6, 6.07) is 11.2. The van der Waals surface area contributed by atoms with Crippen LogP contribution in [0.1, 0.15) is 19.6 Å². The number of furan rings is 1. The fourth-order valence-corrected chi connectivity index (χ4v) is 2.37. The van der Waals surface area contributed by atoms with Crippen LogP contribution in [0.3, 0.4) is 0 Å². The molecule has 8 heteroatoms. The third kappa shape index (κ3) is 7.55. The van der Waals surface area contributed by atoms with Crippen LogP contribution < -0.4 is 15.4 Å². The van der Waals surface area contributed by atoms with Crippen LogP contribution >= 0.6 is 39.9 Å². The van der Waals surface area contributed by atoms with E-state index in [2.05, 4.69) is 31.6 Å². The van der Waals surface area contributed by atoms with Gasteiger partial charge in [-0.2, -0.15) is 0 Å². The quantitative estimate of drug-likeness (QED) is 0.208. The summed E-state index contributed by atoms with van der Waals surface area (Å²) in [6.45, 7) is 5.66. The van der Waals surface area contributed by atoms with Gasteiger partial charge in [-0.15, -0.1) is 24.0 Å².